The highest BCUT2D eigenvalue weighted by Gasteiger charge is 2.85. The minimum absolute atomic E-state index is 0.0536. The summed E-state index contributed by atoms with van der Waals surface area (Å²) < 4.78 is 13.3. The van der Waals surface area contributed by atoms with E-state index >= 15 is 9.59 Å². The molecule has 4 spiro atoms. The second-order valence-corrected chi connectivity index (χ2v) is 25.0. The zero-order valence-electron chi connectivity index (χ0n) is 48.4. The van der Waals surface area contributed by atoms with Crippen molar-refractivity contribution in [1.82, 2.24) is 0 Å². The molecule has 0 aromatic heterocycles. The van der Waals surface area contributed by atoms with Crippen molar-refractivity contribution in [3.63, 3.8) is 0 Å². The lowest BCUT2D eigenvalue weighted by molar-refractivity contribution is -0.340. The molecule has 14 rings (SSSR count). The van der Waals surface area contributed by atoms with Crippen LogP contribution in [0.2, 0.25) is 0 Å². The maximum atomic E-state index is 15.3. The van der Waals surface area contributed by atoms with E-state index in [1.807, 2.05) is 98.8 Å². The number of ketones is 6. The molecule has 4 saturated carbocycles. The summed E-state index contributed by atoms with van der Waals surface area (Å²) in [5.74, 6) is -10.5. The van der Waals surface area contributed by atoms with Crippen LogP contribution in [0.1, 0.15) is 134 Å². The lowest BCUT2D eigenvalue weighted by atomic mass is 9.47. The van der Waals surface area contributed by atoms with E-state index in [1.54, 1.807) is 94.7 Å². The Morgan fingerprint density at radius 2 is 0.814 bits per heavy atom. The summed E-state index contributed by atoms with van der Waals surface area (Å²) >= 11 is 0. The van der Waals surface area contributed by atoms with Gasteiger partial charge in [0.25, 0.3) is 0 Å². The number of ether oxygens (including phenoxy) is 2. The number of benzene rings is 6. The van der Waals surface area contributed by atoms with Crippen LogP contribution in [0.5, 0.6) is 0 Å². The Hall–Kier alpha value is -7.88. The summed E-state index contributed by atoms with van der Waals surface area (Å²) in [6.45, 7) is 4.41. The largest absolute Gasteiger partial charge is 0.365 e. The zero-order valence-corrected chi connectivity index (χ0v) is 48.4. The van der Waals surface area contributed by atoms with Gasteiger partial charge in [0.05, 0.1) is 35.8 Å². The third-order valence-corrected chi connectivity index (χ3v) is 20.9. The van der Waals surface area contributed by atoms with Crippen molar-refractivity contribution in [3.8, 4) is 0 Å². The van der Waals surface area contributed by atoms with Crippen LogP contribution >= 0.6 is 0 Å². The first kappa shape index (κ1) is 57.2. The topological polar surface area (TPSA) is 202 Å². The molecule has 14 heteroatoms. The van der Waals surface area contributed by atoms with Crippen LogP contribution in [0.4, 0.5) is 11.4 Å². The highest BCUT2D eigenvalue weighted by molar-refractivity contribution is 6.20. The Balaban J connectivity index is 0.000000160. The predicted octanol–water partition coefficient (Wildman–Crippen LogP) is 10.4. The second kappa shape index (κ2) is 21.5. The van der Waals surface area contributed by atoms with Gasteiger partial charge in [0.2, 0.25) is 11.8 Å². The highest BCUT2D eigenvalue weighted by atomic mass is 16.6. The summed E-state index contributed by atoms with van der Waals surface area (Å²) in [4.78, 5) is 121. The number of Topliss-reactive ketones (excluding diaryl/α,β-unsaturated/α-hetero) is 6. The van der Waals surface area contributed by atoms with Crippen LogP contribution in [0.3, 0.4) is 0 Å². The monoisotopic (exact) mass is 1150 g/mol. The lowest BCUT2D eigenvalue weighted by Gasteiger charge is -2.61. The highest BCUT2D eigenvalue weighted by Crippen LogP contribution is 2.72. The molecule has 2 N–H and O–H groups in total. The number of rotatable bonds is 12. The van der Waals surface area contributed by atoms with Gasteiger partial charge in [-0.25, -0.2) is 0 Å². The predicted molar refractivity (Wildman–Crippen MR) is 318 cm³/mol. The second-order valence-electron chi connectivity index (χ2n) is 25.0. The number of fused-ring (bicyclic) bond motifs is 6. The zero-order chi connectivity index (χ0) is 60.0. The number of anilines is 2. The average Bonchev–Trinajstić information content (AvgIpc) is 1.43. The van der Waals surface area contributed by atoms with E-state index in [9.17, 15) is 39.0 Å². The van der Waals surface area contributed by atoms with E-state index in [1.165, 1.54) is 0 Å². The summed E-state index contributed by atoms with van der Waals surface area (Å²) in [5.41, 5.74) is -2.34. The van der Waals surface area contributed by atoms with Crippen LogP contribution in [0.15, 0.2) is 170 Å². The first-order valence-corrected chi connectivity index (χ1v) is 30.6. The fraction of sp³-hybridized carbons (Fsp3) is 0.389. The number of nitrogens with zero attached hydrogens (tertiary/aromatic N) is 2. The van der Waals surface area contributed by atoms with Crippen molar-refractivity contribution in [1.29, 1.82) is 0 Å². The fourth-order valence-electron chi connectivity index (χ4n) is 17.9. The number of hydrogen-bond acceptors (Lipinski definition) is 12. The molecule has 86 heavy (non-hydrogen) atoms. The molecule has 4 aliphatic carbocycles. The maximum Gasteiger partial charge on any atom is 0.241 e. The molecule has 440 valence electrons. The molecule has 12 atom stereocenters. The number of aliphatic hydroxyl groups is 2. The van der Waals surface area contributed by atoms with Crippen molar-refractivity contribution in [2.24, 2.45) is 34.5 Å². The fourth-order valence-corrected chi connectivity index (χ4v) is 17.9. The Morgan fingerprint density at radius 1 is 0.477 bits per heavy atom. The number of carbonyl (C=O) groups is 8. The van der Waals surface area contributed by atoms with Gasteiger partial charge in [-0.05, 0) is 71.9 Å². The molecule has 0 unspecified atom stereocenters. The molecular weight excluding hydrogens is 1080 g/mol. The summed E-state index contributed by atoms with van der Waals surface area (Å²) in [7, 11) is 0. The van der Waals surface area contributed by atoms with Crippen molar-refractivity contribution < 1.29 is 58.0 Å². The summed E-state index contributed by atoms with van der Waals surface area (Å²) in [6, 6.07) is 50.7. The Bertz CT molecular complexity index is 3480. The van der Waals surface area contributed by atoms with Crippen LogP contribution in [0.25, 0.3) is 0 Å². The van der Waals surface area contributed by atoms with Gasteiger partial charge in [0, 0.05) is 61.0 Å². The smallest absolute Gasteiger partial charge is 0.241 e. The normalized spacial score (nSPS) is 32.9. The first-order chi connectivity index (χ1) is 41.6. The van der Waals surface area contributed by atoms with E-state index < -0.39 is 92.5 Å². The Labute approximate surface area is 499 Å². The molecule has 0 bridgehead atoms. The van der Waals surface area contributed by atoms with Crippen molar-refractivity contribution in [2.75, 3.05) is 9.80 Å². The molecule has 6 aromatic carbocycles. The lowest BCUT2D eigenvalue weighted by Crippen LogP contribution is -2.76. The van der Waals surface area contributed by atoms with Gasteiger partial charge < -0.3 is 29.5 Å². The van der Waals surface area contributed by atoms with E-state index in [2.05, 4.69) is 0 Å². The number of para-hydroxylation sites is 2. The van der Waals surface area contributed by atoms with Crippen LogP contribution < -0.4 is 9.80 Å². The quantitative estimate of drug-likeness (QED) is 0.110. The van der Waals surface area contributed by atoms with Gasteiger partial charge in [0.1, 0.15) is 46.2 Å². The minimum Gasteiger partial charge on any atom is -0.365 e. The van der Waals surface area contributed by atoms with Crippen LogP contribution in [0, 0.1) is 34.5 Å². The third-order valence-electron chi connectivity index (χ3n) is 20.9. The summed E-state index contributed by atoms with van der Waals surface area (Å²) in [6.07, 6.45) is 0.872. The molecule has 14 nitrogen and oxygen atoms in total. The molecule has 2 amide bonds. The average molecular weight is 1160 g/mol. The number of hydrogen-bond donors (Lipinski definition) is 2. The van der Waals surface area contributed by atoms with E-state index in [0.29, 0.717) is 72.2 Å². The van der Waals surface area contributed by atoms with E-state index in [-0.39, 0.29) is 74.7 Å². The SMILES string of the molecule is CCC[C@H]1CC(=O)[C@@H]2[C@]3(C(=O)N(Cc4ccccc4)c4ccccc43)[C@H](C(=O)c3ccccc3)O[C@@]3(O)CCCC(=O)[C@@]123.CCC[C@H]1CC(=O)[C@@H]2[C@]3(C(=O)N(Cc4ccccc4)c4ccccc43)[C@H](C(=O)c3ccccc3)O[C@@]3(O)CCCC(=O)[C@@]123. The van der Waals surface area contributed by atoms with Crippen molar-refractivity contribution >= 4 is 57.9 Å². The summed E-state index contributed by atoms with van der Waals surface area (Å²) in [5, 5.41) is 25.0. The van der Waals surface area contributed by atoms with Gasteiger partial charge in [-0.2, -0.15) is 0 Å². The van der Waals surface area contributed by atoms with E-state index in [4.69, 9.17) is 9.47 Å². The third kappa shape index (κ3) is 7.84. The molecule has 6 fully saturated rings. The van der Waals surface area contributed by atoms with Crippen LogP contribution in [-0.2, 0) is 62.2 Å². The molecule has 4 heterocycles. The van der Waals surface area contributed by atoms with Gasteiger partial charge in [-0.3, -0.25) is 38.4 Å². The molecule has 8 aliphatic rings. The number of carbonyl (C=O) groups excluding carboxylic acids is 8. The van der Waals surface area contributed by atoms with Crippen LogP contribution in [-0.4, -0.2) is 80.5 Å². The Morgan fingerprint density at radius 3 is 1.17 bits per heavy atom. The van der Waals surface area contributed by atoms with Gasteiger partial charge in [-0.1, -0.05) is 184 Å². The van der Waals surface area contributed by atoms with Crippen molar-refractivity contribution in [2.45, 2.75) is 139 Å². The molecular formula is C72H70N2O12. The van der Waals surface area contributed by atoms with Gasteiger partial charge >= 0.3 is 0 Å². The van der Waals surface area contributed by atoms with Gasteiger partial charge in [0.15, 0.2) is 23.1 Å². The maximum absolute atomic E-state index is 15.3. The first-order valence-electron chi connectivity index (χ1n) is 30.6. The Kier molecular flexibility index (Phi) is 14.3. The molecule has 2 saturated heterocycles. The van der Waals surface area contributed by atoms with Crippen molar-refractivity contribution in [3.05, 3.63) is 203 Å². The molecule has 4 aliphatic heterocycles. The molecule has 0 radical (unpaired) electrons. The number of amides is 2. The van der Waals surface area contributed by atoms with Gasteiger partial charge in [-0.15, -0.1) is 0 Å². The molecule has 6 aromatic rings. The van der Waals surface area contributed by atoms with E-state index in [0.717, 1.165) is 11.1 Å². The minimum atomic E-state index is -2.05. The standard InChI is InChI=1S/2C36H35NO6/c2*1-2-12-25-21-28(38)31-35(26-17-9-10-18-27(26)37(33(35)41)22-23-13-5-3-6-14-23)32(30(40)24-15-7-4-8-16-24)43-34(42)20-11-19-29(39)36(25,31)34/h2*3-10,13-18,25,31-32,42H,2,11-12,19-22H2,1H3/t2*25-,31+,32-,34-,35-,36-/m00/s1.